The maximum atomic E-state index is 6.00. The fraction of sp³-hybridized carbons (Fsp3) is 0.588. The van der Waals surface area contributed by atoms with Crippen molar-refractivity contribution in [1.82, 2.24) is 5.32 Å². The first-order chi connectivity index (χ1) is 10.5. The van der Waals surface area contributed by atoms with Crippen molar-refractivity contribution in [1.29, 1.82) is 0 Å². The largest absolute Gasteiger partial charge is 0.493 e. The Morgan fingerprint density at radius 2 is 2.26 bits per heavy atom. The van der Waals surface area contributed by atoms with Crippen molar-refractivity contribution in [2.24, 2.45) is 16.6 Å². The summed E-state index contributed by atoms with van der Waals surface area (Å²) in [6.45, 7) is 8.98. The van der Waals surface area contributed by atoms with Crippen molar-refractivity contribution >= 4 is 29.9 Å². The van der Waals surface area contributed by atoms with Gasteiger partial charge in [-0.2, -0.15) is 0 Å². The molecule has 1 saturated heterocycles. The molecular weight excluding hydrogens is 405 g/mol. The Kier molecular flexibility index (Phi) is 8.68. The number of hydrogen-bond acceptors (Lipinski definition) is 3. The minimum atomic E-state index is 0. The topological polar surface area (TPSA) is 68.9 Å². The number of aliphatic imine (C=N–C) groups is 1. The summed E-state index contributed by atoms with van der Waals surface area (Å²) in [5.41, 5.74) is 8.09. The van der Waals surface area contributed by atoms with E-state index in [4.69, 9.17) is 15.2 Å². The van der Waals surface area contributed by atoms with Crippen LogP contribution in [0.1, 0.15) is 31.4 Å². The van der Waals surface area contributed by atoms with Gasteiger partial charge in [-0.1, -0.05) is 12.1 Å². The van der Waals surface area contributed by atoms with Crippen LogP contribution >= 0.6 is 24.0 Å². The molecule has 6 heteroatoms. The summed E-state index contributed by atoms with van der Waals surface area (Å²) < 4.78 is 11.4. The van der Waals surface area contributed by atoms with Crippen molar-refractivity contribution < 1.29 is 9.47 Å². The van der Waals surface area contributed by atoms with Crippen molar-refractivity contribution in [2.75, 3.05) is 19.8 Å². The number of hydrogen-bond donors (Lipinski definition) is 2. The van der Waals surface area contributed by atoms with Gasteiger partial charge in [0.15, 0.2) is 5.96 Å². The van der Waals surface area contributed by atoms with E-state index < -0.39 is 0 Å². The lowest BCUT2D eigenvalue weighted by Gasteiger charge is -2.14. The highest BCUT2D eigenvalue weighted by Crippen LogP contribution is 2.23. The van der Waals surface area contributed by atoms with Gasteiger partial charge >= 0.3 is 0 Å². The molecule has 23 heavy (non-hydrogen) atoms. The summed E-state index contributed by atoms with van der Waals surface area (Å²) >= 11 is 0. The number of guanidine groups is 1. The molecule has 0 aromatic heterocycles. The van der Waals surface area contributed by atoms with E-state index in [-0.39, 0.29) is 30.0 Å². The van der Waals surface area contributed by atoms with Gasteiger partial charge in [0.1, 0.15) is 5.75 Å². The molecule has 130 valence electrons. The molecule has 1 aliphatic rings. The number of benzene rings is 1. The Morgan fingerprint density at radius 3 is 2.91 bits per heavy atom. The Labute approximate surface area is 156 Å². The van der Waals surface area contributed by atoms with Crippen LogP contribution in [0.2, 0.25) is 0 Å². The Morgan fingerprint density at radius 1 is 1.48 bits per heavy atom. The second-order valence-corrected chi connectivity index (χ2v) is 6.15. The molecule has 0 bridgehead atoms. The lowest BCUT2D eigenvalue weighted by molar-refractivity contribution is 0.166. The second kappa shape index (κ2) is 9.97. The molecule has 0 spiro atoms. The first kappa shape index (κ1) is 20.0. The van der Waals surface area contributed by atoms with Gasteiger partial charge in [0, 0.05) is 24.1 Å². The van der Waals surface area contributed by atoms with Crippen LogP contribution in [0.4, 0.5) is 0 Å². The number of rotatable bonds is 6. The van der Waals surface area contributed by atoms with Gasteiger partial charge in [0.2, 0.25) is 0 Å². The van der Waals surface area contributed by atoms with E-state index in [0.717, 1.165) is 30.9 Å². The molecule has 0 saturated carbocycles. The van der Waals surface area contributed by atoms with E-state index in [0.29, 0.717) is 25.0 Å². The van der Waals surface area contributed by atoms with Gasteiger partial charge in [-0.15, -0.1) is 24.0 Å². The first-order valence-corrected chi connectivity index (χ1v) is 7.91. The van der Waals surface area contributed by atoms with Crippen LogP contribution in [0.5, 0.6) is 5.75 Å². The molecule has 1 fully saturated rings. The third kappa shape index (κ3) is 6.95. The maximum Gasteiger partial charge on any atom is 0.189 e. The standard InChI is InChI=1S/C17H27N3O2.HI/c1-12(2)20-17(18)19-9-15-5-4-13(3)8-16(15)22-11-14-6-7-21-10-14;/h4-5,8,12,14H,6-7,9-11H2,1-3H3,(H3,18,19,20);1H. The smallest absolute Gasteiger partial charge is 0.189 e. The van der Waals surface area contributed by atoms with Crippen LogP contribution in [-0.4, -0.2) is 31.8 Å². The van der Waals surface area contributed by atoms with Gasteiger partial charge < -0.3 is 20.5 Å². The summed E-state index contributed by atoms with van der Waals surface area (Å²) in [5.74, 6) is 1.85. The number of nitrogens with two attached hydrogens (primary N) is 1. The highest BCUT2D eigenvalue weighted by atomic mass is 127. The van der Waals surface area contributed by atoms with Crippen molar-refractivity contribution in [2.45, 2.75) is 39.8 Å². The van der Waals surface area contributed by atoms with E-state index in [2.05, 4.69) is 35.4 Å². The highest BCUT2D eigenvalue weighted by molar-refractivity contribution is 14.0. The van der Waals surface area contributed by atoms with E-state index in [1.54, 1.807) is 0 Å². The summed E-state index contributed by atoms with van der Waals surface area (Å²) in [7, 11) is 0. The van der Waals surface area contributed by atoms with Crippen molar-refractivity contribution in [3.8, 4) is 5.75 Å². The minimum absolute atomic E-state index is 0. The van der Waals surface area contributed by atoms with E-state index in [1.165, 1.54) is 5.56 Å². The average Bonchev–Trinajstić information content (AvgIpc) is 2.96. The molecule has 5 nitrogen and oxygen atoms in total. The summed E-state index contributed by atoms with van der Waals surface area (Å²) in [5, 5.41) is 3.09. The molecular formula is C17H28IN3O2. The summed E-state index contributed by atoms with van der Waals surface area (Å²) in [4.78, 5) is 4.38. The Bertz CT molecular complexity index is 515. The number of ether oxygens (including phenoxy) is 2. The molecule has 0 aliphatic carbocycles. The number of halogens is 1. The van der Waals surface area contributed by atoms with Crippen LogP contribution < -0.4 is 15.8 Å². The van der Waals surface area contributed by atoms with Crippen LogP contribution in [0.3, 0.4) is 0 Å². The van der Waals surface area contributed by atoms with Gasteiger partial charge in [0.25, 0.3) is 0 Å². The zero-order valence-electron chi connectivity index (χ0n) is 14.2. The maximum absolute atomic E-state index is 6.00. The van der Waals surface area contributed by atoms with Gasteiger partial charge in [0.05, 0.1) is 19.8 Å². The molecule has 1 atom stereocenters. The number of nitrogens with one attached hydrogen (secondary N) is 1. The molecule has 0 radical (unpaired) electrons. The molecule has 3 N–H and O–H groups in total. The molecule has 1 unspecified atom stereocenters. The first-order valence-electron chi connectivity index (χ1n) is 7.91. The van der Waals surface area contributed by atoms with Crippen LogP contribution in [0.15, 0.2) is 23.2 Å². The number of aryl methyl sites for hydroxylation is 1. The minimum Gasteiger partial charge on any atom is -0.493 e. The molecule has 1 aromatic carbocycles. The molecule has 1 heterocycles. The second-order valence-electron chi connectivity index (χ2n) is 6.15. The molecule has 2 rings (SSSR count). The zero-order chi connectivity index (χ0) is 15.9. The predicted octanol–water partition coefficient (Wildman–Crippen LogP) is 2.84. The molecule has 1 aliphatic heterocycles. The Balaban J connectivity index is 0.00000264. The molecule has 0 amide bonds. The third-order valence-corrected chi connectivity index (χ3v) is 3.58. The Hall–Kier alpha value is -1.02. The predicted molar refractivity (Wildman–Crippen MR) is 105 cm³/mol. The van der Waals surface area contributed by atoms with Crippen LogP contribution in [-0.2, 0) is 11.3 Å². The van der Waals surface area contributed by atoms with Crippen molar-refractivity contribution in [3.05, 3.63) is 29.3 Å². The van der Waals surface area contributed by atoms with E-state index >= 15 is 0 Å². The van der Waals surface area contributed by atoms with Gasteiger partial charge in [-0.05, 0) is 38.8 Å². The summed E-state index contributed by atoms with van der Waals surface area (Å²) in [6.07, 6.45) is 1.07. The van der Waals surface area contributed by atoms with E-state index in [9.17, 15) is 0 Å². The fourth-order valence-corrected chi connectivity index (χ4v) is 2.36. The average molecular weight is 433 g/mol. The fourth-order valence-electron chi connectivity index (χ4n) is 2.36. The monoisotopic (exact) mass is 433 g/mol. The van der Waals surface area contributed by atoms with Crippen molar-refractivity contribution in [3.63, 3.8) is 0 Å². The normalized spacial score (nSPS) is 17.9. The third-order valence-electron chi connectivity index (χ3n) is 3.58. The summed E-state index contributed by atoms with van der Waals surface area (Å²) in [6, 6.07) is 6.47. The van der Waals surface area contributed by atoms with Gasteiger partial charge in [-0.3, -0.25) is 0 Å². The quantitative estimate of drug-likeness (QED) is 0.411. The molecule has 1 aromatic rings. The SMILES string of the molecule is Cc1ccc(CN=C(N)NC(C)C)c(OCC2CCOC2)c1.I. The van der Waals surface area contributed by atoms with Gasteiger partial charge in [-0.25, -0.2) is 4.99 Å². The van der Waals surface area contributed by atoms with Crippen LogP contribution in [0.25, 0.3) is 0 Å². The van der Waals surface area contributed by atoms with Crippen LogP contribution in [0, 0.1) is 12.8 Å². The lowest BCUT2D eigenvalue weighted by Crippen LogP contribution is -2.36. The zero-order valence-corrected chi connectivity index (χ0v) is 16.5. The van der Waals surface area contributed by atoms with E-state index in [1.807, 2.05) is 13.8 Å². The number of nitrogens with zero attached hydrogens (tertiary/aromatic N) is 1. The lowest BCUT2D eigenvalue weighted by atomic mass is 10.1. The highest BCUT2D eigenvalue weighted by Gasteiger charge is 2.17.